The van der Waals surface area contributed by atoms with Crippen LogP contribution >= 0.6 is 23.2 Å². The first-order chi connectivity index (χ1) is 18.3. The lowest BCUT2D eigenvalue weighted by Crippen LogP contribution is -2.50. The molecule has 0 heterocycles. The number of nitrogens with zero attached hydrogens (tertiary/aromatic N) is 1. The molecule has 0 radical (unpaired) electrons. The van der Waals surface area contributed by atoms with Crippen molar-refractivity contribution in [3.05, 3.63) is 87.9 Å². The Balaban J connectivity index is 1.69. The normalized spacial score (nSPS) is 12.4. The van der Waals surface area contributed by atoms with E-state index in [1.807, 2.05) is 37.3 Å². The van der Waals surface area contributed by atoms with Crippen LogP contribution in [0.15, 0.2) is 71.8 Å². The Labute approximate surface area is 231 Å². The van der Waals surface area contributed by atoms with Gasteiger partial charge in [0.05, 0.1) is 25.0 Å². The maximum atomic E-state index is 13.0. The monoisotopic (exact) mass is 557 g/mol. The van der Waals surface area contributed by atoms with Crippen LogP contribution in [0.1, 0.15) is 25.0 Å². The second kappa shape index (κ2) is 14.3. The van der Waals surface area contributed by atoms with E-state index in [0.717, 1.165) is 5.56 Å². The Kier molecular flexibility index (Phi) is 10.8. The third-order valence-electron chi connectivity index (χ3n) is 5.36. The molecule has 200 valence electrons. The van der Waals surface area contributed by atoms with Gasteiger partial charge in [-0.25, -0.2) is 5.43 Å². The van der Waals surface area contributed by atoms with E-state index in [1.54, 1.807) is 44.4 Å². The number of hydrogen-bond donors (Lipinski definition) is 2. The number of halogens is 2. The van der Waals surface area contributed by atoms with Gasteiger partial charge in [-0.3, -0.25) is 9.59 Å². The lowest BCUT2D eigenvalue weighted by molar-refractivity contribution is -0.132. The number of hydrogen-bond acceptors (Lipinski definition) is 6. The van der Waals surface area contributed by atoms with Crippen molar-refractivity contribution in [1.29, 1.82) is 0 Å². The number of methoxy groups -OCH3 is 1. The molecule has 0 fully saturated rings. The van der Waals surface area contributed by atoms with Crippen molar-refractivity contribution in [1.82, 2.24) is 10.7 Å². The Morgan fingerprint density at radius 2 is 1.71 bits per heavy atom. The number of benzene rings is 3. The average Bonchev–Trinajstić information content (AvgIpc) is 2.91. The second-order valence-electron chi connectivity index (χ2n) is 8.16. The summed E-state index contributed by atoms with van der Waals surface area (Å²) in [5, 5.41) is 7.53. The van der Waals surface area contributed by atoms with E-state index in [1.165, 1.54) is 12.3 Å². The summed E-state index contributed by atoms with van der Waals surface area (Å²) >= 11 is 12.1. The van der Waals surface area contributed by atoms with Crippen LogP contribution in [0.5, 0.6) is 17.2 Å². The van der Waals surface area contributed by atoms with Gasteiger partial charge in [0.2, 0.25) is 0 Å². The molecule has 3 aromatic rings. The van der Waals surface area contributed by atoms with Crippen LogP contribution in [0.2, 0.25) is 10.0 Å². The zero-order valence-corrected chi connectivity index (χ0v) is 22.8. The summed E-state index contributed by atoms with van der Waals surface area (Å²) < 4.78 is 16.6. The first-order valence-electron chi connectivity index (χ1n) is 11.9. The van der Waals surface area contributed by atoms with Gasteiger partial charge in [0, 0.05) is 11.4 Å². The zero-order valence-electron chi connectivity index (χ0n) is 21.2. The van der Waals surface area contributed by atoms with Gasteiger partial charge in [0.25, 0.3) is 11.8 Å². The second-order valence-corrected chi connectivity index (χ2v) is 9.01. The van der Waals surface area contributed by atoms with Crippen LogP contribution in [0.4, 0.5) is 0 Å². The molecule has 0 aromatic heterocycles. The van der Waals surface area contributed by atoms with Gasteiger partial charge in [-0.1, -0.05) is 53.5 Å². The van der Waals surface area contributed by atoms with Crippen LogP contribution in [0.25, 0.3) is 0 Å². The molecule has 0 unspecified atom stereocenters. The molecule has 0 aliphatic heterocycles. The fourth-order valence-corrected chi connectivity index (χ4v) is 3.90. The van der Waals surface area contributed by atoms with Gasteiger partial charge in [-0.05, 0) is 61.4 Å². The van der Waals surface area contributed by atoms with Gasteiger partial charge >= 0.3 is 0 Å². The molecule has 3 aromatic carbocycles. The van der Waals surface area contributed by atoms with Crippen molar-refractivity contribution in [2.24, 2.45) is 5.10 Å². The molecule has 38 heavy (non-hydrogen) atoms. The minimum absolute atomic E-state index is 0.249. The third-order valence-corrected chi connectivity index (χ3v) is 5.89. The van der Waals surface area contributed by atoms with E-state index < -0.39 is 24.0 Å². The smallest absolute Gasteiger partial charge is 0.262 e. The molecule has 0 aliphatic carbocycles. The fraction of sp³-hybridized carbons (Fsp3) is 0.250. The predicted octanol–water partition coefficient (Wildman–Crippen LogP) is 5.05. The van der Waals surface area contributed by atoms with Crippen molar-refractivity contribution in [3.8, 4) is 17.2 Å². The molecular formula is C28H29Cl2N3O5. The highest BCUT2D eigenvalue weighted by atomic mass is 35.5. The van der Waals surface area contributed by atoms with Crippen LogP contribution in [-0.2, 0) is 16.0 Å². The molecular weight excluding hydrogens is 529 g/mol. The zero-order chi connectivity index (χ0) is 27.5. The van der Waals surface area contributed by atoms with E-state index in [2.05, 4.69) is 15.8 Å². The largest absolute Gasteiger partial charge is 0.493 e. The van der Waals surface area contributed by atoms with Crippen molar-refractivity contribution in [2.45, 2.75) is 32.4 Å². The first-order valence-corrected chi connectivity index (χ1v) is 12.7. The number of carbonyl (C=O) groups excluding carboxylic acids is 2. The Morgan fingerprint density at radius 1 is 0.974 bits per heavy atom. The first kappa shape index (κ1) is 28.8. The summed E-state index contributed by atoms with van der Waals surface area (Å²) in [6.45, 7) is 3.95. The van der Waals surface area contributed by atoms with Gasteiger partial charge in [0.1, 0.15) is 11.8 Å². The lowest BCUT2D eigenvalue weighted by Gasteiger charge is -2.21. The highest BCUT2D eigenvalue weighted by Gasteiger charge is 2.25. The number of amides is 2. The Hall–Kier alpha value is -3.75. The van der Waals surface area contributed by atoms with Crippen molar-refractivity contribution in [3.63, 3.8) is 0 Å². The Bertz CT molecular complexity index is 1270. The molecule has 10 heteroatoms. The van der Waals surface area contributed by atoms with Crippen LogP contribution in [0, 0.1) is 0 Å². The predicted molar refractivity (Wildman–Crippen MR) is 149 cm³/mol. The van der Waals surface area contributed by atoms with E-state index in [-0.39, 0.29) is 11.4 Å². The summed E-state index contributed by atoms with van der Waals surface area (Å²) in [4.78, 5) is 26.0. The molecule has 2 atom stereocenters. The maximum absolute atomic E-state index is 13.0. The minimum Gasteiger partial charge on any atom is -0.493 e. The average molecular weight is 558 g/mol. The summed E-state index contributed by atoms with van der Waals surface area (Å²) in [7, 11) is 1.54. The van der Waals surface area contributed by atoms with E-state index >= 15 is 0 Å². The van der Waals surface area contributed by atoms with Gasteiger partial charge in [-0.2, -0.15) is 5.10 Å². The number of rotatable bonds is 12. The molecule has 8 nitrogen and oxygen atoms in total. The molecule has 0 spiro atoms. The van der Waals surface area contributed by atoms with Crippen LogP contribution in [-0.4, -0.2) is 43.9 Å². The quantitative estimate of drug-likeness (QED) is 0.240. The number of hydrazone groups is 1. The molecule has 2 amide bonds. The lowest BCUT2D eigenvalue weighted by atomic mass is 10.1. The molecule has 0 bridgehead atoms. The molecule has 0 saturated heterocycles. The third kappa shape index (κ3) is 8.39. The minimum atomic E-state index is -0.931. The number of nitrogens with one attached hydrogen (secondary N) is 2. The number of ether oxygens (including phenoxy) is 3. The number of carbonyl (C=O) groups is 2. The maximum Gasteiger partial charge on any atom is 0.262 e. The van der Waals surface area contributed by atoms with Crippen LogP contribution in [0.3, 0.4) is 0 Å². The van der Waals surface area contributed by atoms with Gasteiger partial charge in [-0.15, -0.1) is 0 Å². The summed E-state index contributed by atoms with van der Waals surface area (Å²) in [6.07, 6.45) is 0.796. The standard InChI is InChI=1S/C28H29Cl2N3O5/c1-4-37-25-12-10-20(15-26(25)36-3)17-31-33-28(35)23(14-19-8-6-5-7-9-19)32-27(34)18(2)38-24-13-11-21(29)16-22(24)30/h5-13,15-18,23H,4,14H2,1-3H3,(H,32,34)(H,33,35)/b31-17-/t18-,23+/m0/s1. The summed E-state index contributed by atoms with van der Waals surface area (Å²) in [5.41, 5.74) is 4.06. The van der Waals surface area contributed by atoms with Gasteiger partial charge < -0.3 is 19.5 Å². The van der Waals surface area contributed by atoms with Crippen molar-refractivity contribution >= 4 is 41.2 Å². The molecule has 2 N–H and O–H groups in total. The van der Waals surface area contributed by atoms with E-state index in [9.17, 15) is 9.59 Å². The fourth-order valence-electron chi connectivity index (χ4n) is 3.45. The topological polar surface area (TPSA) is 98.2 Å². The van der Waals surface area contributed by atoms with Crippen molar-refractivity contribution < 1.29 is 23.8 Å². The van der Waals surface area contributed by atoms with Gasteiger partial charge in [0.15, 0.2) is 17.6 Å². The Morgan fingerprint density at radius 3 is 2.39 bits per heavy atom. The highest BCUT2D eigenvalue weighted by molar-refractivity contribution is 6.35. The molecule has 0 saturated carbocycles. The highest BCUT2D eigenvalue weighted by Crippen LogP contribution is 2.29. The van der Waals surface area contributed by atoms with E-state index in [4.69, 9.17) is 37.4 Å². The molecule has 3 rings (SSSR count). The summed E-state index contributed by atoms with van der Waals surface area (Å²) in [6, 6.07) is 18.4. The van der Waals surface area contributed by atoms with E-state index in [0.29, 0.717) is 34.4 Å². The summed E-state index contributed by atoms with van der Waals surface area (Å²) in [5.74, 6) is 0.475. The molecule has 0 aliphatic rings. The van der Waals surface area contributed by atoms with Crippen molar-refractivity contribution in [2.75, 3.05) is 13.7 Å². The SMILES string of the molecule is CCOc1ccc(/C=N\NC(=O)[C@@H](Cc2ccccc2)NC(=O)[C@H](C)Oc2ccc(Cl)cc2Cl)cc1OC. The van der Waals surface area contributed by atoms with Crippen LogP contribution < -0.4 is 25.0 Å².